The van der Waals surface area contributed by atoms with Gasteiger partial charge in [0, 0.05) is 39.2 Å². The number of hydrogen-bond donors (Lipinski definition) is 0. The molecule has 0 amide bonds. The van der Waals surface area contributed by atoms with Gasteiger partial charge in [0.1, 0.15) is 0 Å². The van der Waals surface area contributed by atoms with E-state index < -0.39 is 0 Å². The van der Waals surface area contributed by atoms with Crippen LogP contribution >= 0.6 is 0 Å². The van der Waals surface area contributed by atoms with Gasteiger partial charge < -0.3 is 4.57 Å². The minimum absolute atomic E-state index is 0.581. The Morgan fingerprint density at radius 2 is 0.978 bits per heavy atom. The average molecular weight is 590 g/mol. The maximum Gasteiger partial charge on any atom is 0.238 e. The van der Waals surface area contributed by atoms with Crippen molar-refractivity contribution >= 4 is 32.7 Å². The zero-order chi connectivity index (χ0) is 30.5. The van der Waals surface area contributed by atoms with Crippen LogP contribution in [0.4, 0.5) is 0 Å². The van der Waals surface area contributed by atoms with Crippen molar-refractivity contribution < 1.29 is 0 Å². The van der Waals surface area contributed by atoms with Crippen LogP contribution in [0.3, 0.4) is 0 Å². The smallest absolute Gasteiger partial charge is 0.238 e. The zero-order valence-corrected chi connectivity index (χ0v) is 24.8. The number of aromatic nitrogens is 5. The van der Waals surface area contributed by atoms with Crippen LogP contribution in [0.5, 0.6) is 0 Å². The van der Waals surface area contributed by atoms with E-state index in [4.69, 9.17) is 15.0 Å². The molecule has 5 heteroatoms. The normalized spacial score (nSPS) is 11.5. The highest BCUT2D eigenvalue weighted by Gasteiger charge is 2.23. The lowest BCUT2D eigenvalue weighted by Crippen LogP contribution is -2.06. The number of hydrogen-bond acceptors (Lipinski definition) is 3. The summed E-state index contributed by atoms with van der Waals surface area (Å²) in [7, 11) is 0. The summed E-state index contributed by atoms with van der Waals surface area (Å²) in [5.74, 6) is 1.85. The van der Waals surface area contributed by atoms with Gasteiger partial charge in [-0.25, -0.2) is 4.98 Å². The van der Waals surface area contributed by atoms with Crippen molar-refractivity contribution in [3.63, 3.8) is 0 Å². The highest BCUT2D eigenvalue weighted by molar-refractivity contribution is 6.23. The third kappa shape index (κ3) is 4.21. The number of nitrogens with zero attached hydrogens (tertiary/aromatic N) is 5. The lowest BCUT2D eigenvalue weighted by Gasteiger charge is -2.13. The Balaban J connectivity index is 1.45. The summed E-state index contributed by atoms with van der Waals surface area (Å²) in [5.41, 5.74) is 8.52. The second-order valence-electron chi connectivity index (χ2n) is 11.3. The number of rotatable bonds is 5. The van der Waals surface area contributed by atoms with E-state index in [2.05, 4.69) is 112 Å². The fraction of sp³-hybridized carbons (Fsp3) is 0. The molecule has 0 atom stereocenters. The van der Waals surface area contributed by atoms with Crippen LogP contribution in [-0.4, -0.2) is 24.1 Å². The molecule has 0 spiro atoms. The quantitative estimate of drug-likeness (QED) is 0.201. The minimum atomic E-state index is 0.581. The van der Waals surface area contributed by atoms with Crippen molar-refractivity contribution in [2.45, 2.75) is 0 Å². The molecule has 9 rings (SSSR count). The molecule has 3 aromatic heterocycles. The monoisotopic (exact) mass is 589 g/mol. The van der Waals surface area contributed by atoms with Crippen LogP contribution in [0.2, 0.25) is 0 Å². The third-order valence-corrected chi connectivity index (χ3v) is 8.61. The molecule has 0 unspecified atom stereocenters. The summed E-state index contributed by atoms with van der Waals surface area (Å²) in [6, 6.07) is 54.5. The summed E-state index contributed by atoms with van der Waals surface area (Å²) in [5, 5.41) is 3.44. The summed E-state index contributed by atoms with van der Waals surface area (Å²) in [6.45, 7) is 0. The predicted octanol–water partition coefficient (Wildman–Crippen LogP) is 9.91. The molecule has 46 heavy (non-hydrogen) atoms. The average Bonchev–Trinajstić information content (AvgIpc) is 3.72. The molecule has 0 radical (unpaired) electrons. The van der Waals surface area contributed by atoms with Gasteiger partial charge in [-0.05, 0) is 41.5 Å². The van der Waals surface area contributed by atoms with Crippen LogP contribution in [0.1, 0.15) is 0 Å². The zero-order valence-electron chi connectivity index (χ0n) is 24.8. The summed E-state index contributed by atoms with van der Waals surface area (Å²) in [6.07, 6.45) is 2.16. The first-order chi connectivity index (χ1) is 22.8. The summed E-state index contributed by atoms with van der Waals surface area (Å²) >= 11 is 0. The Morgan fingerprint density at radius 3 is 1.61 bits per heavy atom. The van der Waals surface area contributed by atoms with Crippen molar-refractivity contribution in [1.29, 1.82) is 0 Å². The van der Waals surface area contributed by atoms with Crippen LogP contribution < -0.4 is 0 Å². The van der Waals surface area contributed by atoms with Crippen LogP contribution in [0.25, 0.3) is 78.2 Å². The fourth-order valence-corrected chi connectivity index (χ4v) is 6.53. The standard InChI is InChI=1S/C41H27N5/c1-5-15-28(16-6-1)34-27-36-33(25-26-45(36)31-21-11-4-12-22-31)38-37(34)32-23-13-14-24-35(32)46(38)41-43-39(29-17-7-2-8-18-29)42-40(44-41)30-19-9-3-10-20-30/h1-27H. The Kier molecular flexibility index (Phi) is 6.06. The van der Waals surface area contributed by atoms with Crippen molar-refractivity contribution in [3.05, 3.63) is 164 Å². The van der Waals surface area contributed by atoms with Gasteiger partial charge in [0.15, 0.2) is 11.6 Å². The Morgan fingerprint density at radius 1 is 0.435 bits per heavy atom. The van der Waals surface area contributed by atoms with Gasteiger partial charge in [0.2, 0.25) is 5.95 Å². The van der Waals surface area contributed by atoms with E-state index in [1.165, 1.54) is 5.39 Å². The molecule has 0 saturated carbocycles. The van der Waals surface area contributed by atoms with Gasteiger partial charge in [-0.1, -0.05) is 127 Å². The highest BCUT2D eigenvalue weighted by Crippen LogP contribution is 2.43. The topological polar surface area (TPSA) is 48.5 Å². The molecule has 0 aliphatic rings. The second kappa shape index (κ2) is 10.7. The van der Waals surface area contributed by atoms with Gasteiger partial charge in [0.05, 0.1) is 16.6 Å². The SMILES string of the molecule is c1ccc(-c2nc(-c3ccccc3)nc(-n3c4ccccc4c4c(-c5ccccc5)cc5c(ccn5-c5ccccc5)c43)n2)cc1. The van der Waals surface area contributed by atoms with Crippen molar-refractivity contribution in [2.75, 3.05) is 0 Å². The summed E-state index contributed by atoms with van der Waals surface area (Å²) < 4.78 is 4.50. The van der Waals surface area contributed by atoms with Crippen molar-refractivity contribution in [2.24, 2.45) is 0 Å². The van der Waals surface area contributed by atoms with Crippen LogP contribution in [0, 0.1) is 0 Å². The Hall–Kier alpha value is -6.33. The largest absolute Gasteiger partial charge is 0.316 e. The first kappa shape index (κ1) is 26.1. The van der Waals surface area contributed by atoms with E-state index in [1.54, 1.807) is 0 Å². The van der Waals surface area contributed by atoms with E-state index in [0.717, 1.165) is 55.3 Å². The van der Waals surface area contributed by atoms with E-state index in [1.807, 2.05) is 60.7 Å². The maximum absolute atomic E-state index is 5.18. The molecule has 0 aliphatic carbocycles. The molecule has 0 aliphatic heterocycles. The number of para-hydroxylation sites is 2. The van der Waals surface area contributed by atoms with Crippen LogP contribution in [-0.2, 0) is 0 Å². The second-order valence-corrected chi connectivity index (χ2v) is 11.3. The molecule has 3 heterocycles. The lowest BCUT2D eigenvalue weighted by atomic mass is 9.97. The summed E-state index contributed by atoms with van der Waals surface area (Å²) in [4.78, 5) is 15.3. The van der Waals surface area contributed by atoms with E-state index in [9.17, 15) is 0 Å². The van der Waals surface area contributed by atoms with Gasteiger partial charge in [-0.2, -0.15) is 9.97 Å². The molecule has 0 fully saturated rings. The lowest BCUT2D eigenvalue weighted by molar-refractivity contribution is 0.955. The molecular weight excluding hydrogens is 562 g/mol. The van der Waals surface area contributed by atoms with Crippen molar-refractivity contribution in [1.82, 2.24) is 24.1 Å². The first-order valence-corrected chi connectivity index (χ1v) is 15.4. The predicted molar refractivity (Wildman–Crippen MR) is 187 cm³/mol. The molecule has 5 nitrogen and oxygen atoms in total. The Labute approximate surface area is 265 Å². The molecule has 0 N–H and O–H groups in total. The van der Waals surface area contributed by atoms with Crippen LogP contribution in [0.15, 0.2) is 164 Å². The fourth-order valence-electron chi connectivity index (χ4n) is 6.53. The minimum Gasteiger partial charge on any atom is -0.316 e. The molecule has 216 valence electrons. The van der Waals surface area contributed by atoms with E-state index in [-0.39, 0.29) is 0 Å². The number of benzene rings is 6. The van der Waals surface area contributed by atoms with Gasteiger partial charge >= 0.3 is 0 Å². The van der Waals surface area contributed by atoms with Gasteiger partial charge in [-0.3, -0.25) is 4.57 Å². The highest BCUT2D eigenvalue weighted by atomic mass is 15.2. The Bertz CT molecular complexity index is 2440. The maximum atomic E-state index is 5.18. The van der Waals surface area contributed by atoms with E-state index >= 15 is 0 Å². The first-order valence-electron chi connectivity index (χ1n) is 15.4. The van der Waals surface area contributed by atoms with Gasteiger partial charge in [0.25, 0.3) is 0 Å². The molecular formula is C41H27N5. The molecule has 0 saturated heterocycles. The third-order valence-electron chi connectivity index (χ3n) is 8.61. The molecule has 0 bridgehead atoms. The number of fused-ring (bicyclic) bond motifs is 5. The van der Waals surface area contributed by atoms with Crippen molar-refractivity contribution in [3.8, 4) is 45.5 Å². The van der Waals surface area contributed by atoms with Gasteiger partial charge in [-0.15, -0.1) is 0 Å². The molecule has 6 aromatic carbocycles. The molecule has 9 aromatic rings. The van der Waals surface area contributed by atoms with E-state index in [0.29, 0.717) is 17.6 Å².